The SMILES string of the molecule is C=C(/C=N\C(=N)Cl)CC. The lowest BCUT2D eigenvalue weighted by Crippen LogP contribution is -1.82. The van der Waals surface area contributed by atoms with E-state index >= 15 is 0 Å². The molecule has 3 heteroatoms. The van der Waals surface area contributed by atoms with Crippen LogP contribution in [-0.2, 0) is 0 Å². The second-order valence-corrected chi connectivity index (χ2v) is 1.92. The van der Waals surface area contributed by atoms with Gasteiger partial charge in [-0.15, -0.1) is 0 Å². The predicted molar refractivity (Wildman–Crippen MR) is 41.5 cm³/mol. The zero-order valence-corrected chi connectivity index (χ0v) is 6.07. The van der Waals surface area contributed by atoms with Gasteiger partial charge in [-0.05, 0) is 23.6 Å². The van der Waals surface area contributed by atoms with Crippen LogP contribution in [0, 0.1) is 5.41 Å². The van der Waals surface area contributed by atoms with Gasteiger partial charge in [0.2, 0.25) is 5.29 Å². The zero-order chi connectivity index (χ0) is 7.28. The molecule has 0 bridgehead atoms. The van der Waals surface area contributed by atoms with Crippen LogP contribution in [0.4, 0.5) is 0 Å². The summed E-state index contributed by atoms with van der Waals surface area (Å²) in [7, 11) is 0. The summed E-state index contributed by atoms with van der Waals surface area (Å²) in [4.78, 5) is 3.52. The molecule has 9 heavy (non-hydrogen) atoms. The molecule has 0 radical (unpaired) electrons. The third-order valence-corrected chi connectivity index (χ3v) is 0.912. The molecule has 0 amide bonds. The van der Waals surface area contributed by atoms with Crippen LogP contribution in [0.1, 0.15) is 13.3 Å². The monoisotopic (exact) mass is 144 g/mol. The molecule has 0 unspecified atom stereocenters. The van der Waals surface area contributed by atoms with E-state index in [2.05, 4.69) is 11.6 Å². The predicted octanol–water partition coefficient (Wildman–Crippen LogP) is 2.20. The van der Waals surface area contributed by atoms with Crippen LogP contribution in [0.25, 0.3) is 0 Å². The van der Waals surface area contributed by atoms with Gasteiger partial charge in [0.1, 0.15) is 0 Å². The second-order valence-electron chi connectivity index (χ2n) is 1.56. The Morgan fingerprint density at radius 1 is 1.89 bits per heavy atom. The van der Waals surface area contributed by atoms with E-state index in [-0.39, 0.29) is 5.29 Å². The average molecular weight is 145 g/mol. The highest BCUT2D eigenvalue weighted by Crippen LogP contribution is 1.91. The van der Waals surface area contributed by atoms with Gasteiger partial charge in [-0.1, -0.05) is 13.5 Å². The van der Waals surface area contributed by atoms with Gasteiger partial charge in [-0.3, -0.25) is 5.41 Å². The second kappa shape index (κ2) is 4.27. The van der Waals surface area contributed by atoms with Gasteiger partial charge in [0.15, 0.2) is 0 Å². The molecule has 0 aliphatic carbocycles. The maximum Gasteiger partial charge on any atom is 0.214 e. The van der Waals surface area contributed by atoms with Gasteiger partial charge < -0.3 is 0 Å². The van der Waals surface area contributed by atoms with E-state index in [9.17, 15) is 0 Å². The molecular formula is C6H9ClN2. The minimum absolute atomic E-state index is 0.204. The standard InChI is InChI=1S/C6H9ClN2/c1-3-5(2)4-9-6(7)8/h4,8H,2-3H2,1H3/b8-6?,9-4-. The Bertz CT molecular complexity index is 149. The number of allylic oxidation sites excluding steroid dienone is 1. The number of halogens is 1. The van der Waals surface area contributed by atoms with Gasteiger partial charge in [0, 0.05) is 6.21 Å². The lowest BCUT2D eigenvalue weighted by atomic mass is 10.3. The number of hydrogen-bond donors (Lipinski definition) is 1. The van der Waals surface area contributed by atoms with E-state index in [0.29, 0.717) is 0 Å². The van der Waals surface area contributed by atoms with Crippen LogP contribution in [0.2, 0.25) is 0 Å². The largest absolute Gasteiger partial charge is 0.272 e. The summed E-state index contributed by atoms with van der Waals surface area (Å²) in [6, 6.07) is 0. The highest BCUT2D eigenvalue weighted by molar-refractivity contribution is 6.64. The summed E-state index contributed by atoms with van der Waals surface area (Å²) in [5, 5.41) is 6.49. The third-order valence-electron chi connectivity index (χ3n) is 0.815. The molecule has 0 spiro atoms. The molecule has 2 nitrogen and oxygen atoms in total. The van der Waals surface area contributed by atoms with Gasteiger partial charge in [-0.25, -0.2) is 4.99 Å². The number of rotatable bonds is 2. The van der Waals surface area contributed by atoms with Crippen LogP contribution in [0.3, 0.4) is 0 Å². The summed E-state index contributed by atoms with van der Waals surface area (Å²) in [6.07, 6.45) is 2.34. The zero-order valence-electron chi connectivity index (χ0n) is 5.32. The molecule has 0 aromatic heterocycles. The van der Waals surface area contributed by atoms with Crippen molar-refractivity contribution in [2.45, 2.75) is 13.3 Å². The number of aliphatic imine (C=N–C) groups is 1. The molecule has 0 rings (SSSR count). The van der Waals surface area contributed by atoms with Gasteiger partial charge in [0.25, 0.3) is 0 Å². The van der Waals surface area contributed by atoms with Crippen molar-refractivity contribution in [1.29, 1.82) is 5.41 Å². The topological polar surface area (TPSA) is 36.2 Å². The van der Waals surface area contributed by atoms with Crippen molar-refractivity contribution in [2.24, 2.45) is 4.99 Å². The molecule has 0 saturated carbocycles. The minimum atomic E-state index is -0.204. The van der Waals surface area contributed by atoms with E-state index in [1.54, 1.807) is 0 Å². The van der Waals surface area contributed by atoms with E-state index in [1.807, 2.05) is 6.92 Å². The van der Waals surface area contributed by atoms with Crippen LogP contribution in [-0.4, -0.2) is 11.5 Å². The lowest BCUT2D eigenvalue weighted by Gasteiger charge is -1.87. The Morgan fingerprint density at radius 3 is 2.78 bits per heavy atom. The summed E-state index contributed by atoms with van der Waals surface area (Å²) < 4.78 is 0. The summed E-state index contributed by atoms with van der Waals surface area (Å²) in [6.45, 7) is 5.61. The van der Waals surface area contributed by atoms with E-state index < -0.39 is 0 Å². The molecule has 0 saturated heterocycles. The first-order valence-corrected chi connectivity index (χ1v) is 3.00. The molecular weight excluding hydrogens is 136 g/mol. The molecule has 50 valence electrons. The highest BCUT2D eigenvalue weighted by atomic mass is 35.5. The Labute approximate surface area is 59.8 Å². The molecule has 0 aliphatic rings. The van der Waals surface area contributed by atoms with Crippen molar-refractivity contribution in [3.05, 3.63) is 12.2 Å². The van der Waals surface area contributed by atoms with Crippen molar-refractivity contribution < 1.29 is 0 Å². The number of hydrogen-bond acceptors (Lipinski definition) is 1. The summed E-state index contributed by atoms with van der Waals surface area (Å²) >= 11 is 5.12. The Balaban J connectivity index is 3.71. The average Bonchev–Trinajstić information content (AvgIpc) is 1.83. The fourth-order valence-electron chi connectivity index (χ4n) is 0.239. The van der Waals surface area contributed by atoms with Crippen LogP contribution in [0.15, 0.2) is 17.1 Å². The fourth-order valence-corrected chi connectivity index (χ4v) is 0.288. The van der Waals surface area contributed by atoms with Crippen molar-refractivity contribution >= 4 is 23.1 Å². The Morgan fingerprint density at radius 2 is 2.44 bits per heavy atom. The molecule has 0 aromatic rings. The normalized spacial score (nSPS) is 10.0. The van der Waals surface area contributed by atoms with Crippen molar-refractivity contribution in [3.8, 4) is 0 Å². The van der Waals surface area contributed by atoms with Gasteiger partial charge in [-0.2, -0.15) is 0 Å². The van der Waals surface area contributed by atoms with Gasteiger partial charge >= 0.3 is 0 Å². The molecule has 0 aromatic carbocycles. The number of amidine groups is 1. The van der Waals surface area contributed by atoms with E-state index in [1.165, 1.54) is 6.21 Å². The molecule has 0 heterocycles. The quantitative estimate of drug-likeness (QED) is 0.351. The van der Waals surface area contributed by atoms with E-state index in [4.69, 9.17) is 17.0 Å². The Hall–Kier alpha value is -0.630. The van der Waals surface area contributed by atoms with E-state index in [0.717, 1.165) is 12.0 Å². The maximum absolute atomic E-state index is 6.69. The molecule has 1 N–H and O–H groups in total. The number of nitrogens with zero attached hydrogens (tertiary/aromatic N) is 1. The van der Waals surface area contributed by atoms with Crippen LogP contribution >= 0.6 is 11.6 Å². The maximum atomic E-state index is 6.69. The smallest absolute Gasteiger partial charge is 0.214 e. The first-order chi connectivity index (χ1) is 4.16. The summed E-state index contributed by atoms with van der Waals surface area (Å²) in [5.74, 6) is 0. The minimum Gasteiger partial charge on any atom is -0.272 e. The first-order valence-electron chi connectivity index (χ1n) is 2.62. The molecule has 0 fully saturated rings. The molecule has 0 aliphatic heterocycles. The highest BCUT2D eigenvalue weighted by Gasteiger charge is 1.83. The van der Waals surface area contributed by atoms with Crippen molar-refractivity contribution in [2.75, 3.05) is 0 Å². The van der Waals surface area contributed by atoms with Gasteiger partial charge in [0.05, 0.1) is 0 Å². The summed E-state index contributed by atoms with van der Waals surface area (Å²) in [5.41, 5.74) is 0.875. The Kier molecular flexibility index (Phi) is 3.97. The first kappa shape index (κ1) is 8.37. The van der Waals surface area contributed by atoms with Crippen molar-refractivity contribution in [1.82, 2.24) is 0 Å². The lowest BCUT2D eigenvalue weighted by molar-refractivity contribution is 1.19. The fraction of sp³-hybridized carbons (Fsp3) is 0.333. The number of nitrogens with one attached hydrogen (secondary N) is 1. The van der Waals surface area contributed by atoms with Crippen molar-refractivity contribution in [3.63, 3.8) is 0 Å². The van der Waals surface area contributed by atoms with Crippen LogP contribution in [0.5, 0.6) is 0 Å². The van der Waals surface area contributed by atoms with Crippen LogP contribution < -0.4 is 0 Å². The molecule has 0 atom stereocenters. The third kappa shape index (κ3) is 5.24.